The van der Waals surface area contributed by atoms with Gasteiger partial charge in [-0.15, -0.1) is 0 Å². The van der Waals surface area contributed by atoms with Crippen molar-refractivity contribution < 1.29 is 14.1 Å². The molecule has 1 aliphatic heterocycles. The van der Waals surface area contributed by atoms with Crippen LogP contribution in [0.15, 0.2) is 22.9 Å². The number of pyridine rings is 1. The maximum atomic E-state index is 11.5. The van der Waals surface area contributed by atoms with Crippen LogP contribution in [0, 0.1) is 0 Å². The van der Waals surface area contributed by atoms with Gasteiger partial charge in [0.25, 0.3) is 0 Å². The minimum atomic E-state index is -0.613. The molecular weight excluding hydrogens is 272 g/mol. The van der Waals surface area contributed by atoms with Crippen LogP contribution in [-0.4, -0.2) is 40.8 Å². The van der Waals surface area contributed by atoms with Crippen LogP contribution < -0.4 is 4.90 Å². The molecule has 2 aromatic rings. The Balaban J connectivity index is 1.76. The Labute approximate surface area is 121 Å². The number of nitrogens with zero attached hydrogens (tertiary/aromatic N) is 4. The fourth-order valence-corrected chi connectivity index (χ4v) is 2.27. The van der Waals surface area contributed by atoms with E-state index >= 15 is 0 Å². The van der Waals surface area contributed by atoms with Crippen LogP contribution in [0.25, 0.3) is 11.4 Å². The molecule has 7 heteroatoms. The molecular formula is C14H16N4O3. The van der Waals surface area contributed by atoms with Crippen molar-refractivity contribution in [2.24, 2.45) is 0 Å². The van der Waals surface area contributed by atoms with Gasteiger partial charge in [0.2, 0.25) is 5.82 Å². The van der Waals surface area contributed by atoms with Crippen LogP contribution >= 0.6 is 0 Å². The van der Waals surface area contributed by atoms with Crippen molar-refractivity contribution in [1.82, 2.24) is 15.1 Å². The fourth-order valence-electron chi connectivity index (χ4n) is 2.27. The normalized spacial score (nSPS) is 14.4. The Morgan fingerprint density at radius 1 is 1.38 bits per heavy atom. The molecule has 1 saturated heterocycles. The third-order valence-electron chi connectivity index (χ3n) is 3.31. The molecule has 0 bridgehead atoms. The zero-order valence-electron chi connectivity index (χ0n) is 11.8. The quantitative estimate of drug-likeness (QED) is 0.795. The van der Waals surface area contributed by atoms with Crippen LogP contribution in [-0.2, 0) is 4.74 Å². The maximum Gasteiger partial charge on any atom is 0.397 e. The first kappa shape index (κ1) is 13.5. The molecule has 0 atom stereocenters. The van der Waals surface area contributed by atoms with E-state index in [0.29, 0.717) is 11.4 Å². The largest absolute Gasteiger partial charge is 0.459 e. The molecule has 0 aromatic carbocycles. The van der Waals surface area contributed by atoms with E-state index in [1.165, 1.54) is 12.8 Å². The molecule has 0 saturated carbocycles. The monoisotopic (exact) mass is 288 g/mol. The third-order valence-corrected chi connectivity index (χ3v) is 3.31. The highest BCUT2D eigenvalue weighted by Gasteiger charge is 2.18. The zero-order chi connectivity index (χ0) is 14.7. The SMILES string of the molecule is CCOC(=O)c1nc(-c2ccc(N3CCCC3)nc2)no1. The summed E-state index contributed by atoms with van der Waals surface area (Å²) in [4.78, 5) is 22.2. The summed E-state index contributed by atoms with van der Waals surface area (Å²) in [6, 6.07) is 3.81. The van der Waals surface area contributed by atoms with Gasteiger partial charge in [0, 0.05) is 24.8 Å². The number of aromatic nitrogens is 3. The number of carbonyl (C=O) groups excluding carboxylic acids is 1. The molecule has 0 N–H and O–H groups in total. The molecule has 1 fully saturated rings. The summed E-state index contributed by atoms with van der Waals surface area (Å²) < 4.78 is 9.70. The van der Waals surface area contributed by atoms with Gasteiger partial charge in [-0.1, -0.05) is 5.16 Å². The molecule has 0 aliphatic carbocycles. The van der Waals surface area contributed by atoms with Crippen LogP contribution in [0.4, 0.5) is 5.82 Å². The molecule has 0 amide bonds. The minimum Gasteiger partial charge on any atom is -0.459 e. The molecule has 1 aliphatic rings. The lowest BCUT2D eigenvalue weighted by molar-refractivity contribution is 0.0470. The molecule has 0 unspecified atom stereocenters. The van der Waals surface area contributed by atoms with Crippen molar-refractivity contribution in [2.45, 2.75) is 19.8 Å². The van der Waals surface area contributed by atoms with Gasteiger partial charge in [-0.3, -0.25) is 0 Å². The summed E-state index contributed by atoms with van der Waals surface area (Å²) in [5.74, 6) is 0.525. The van der Waals surface area contributed by atoms with Gasteiger partial charge in [-0.25, -0.2) is 9.78 Å². The molecule has 3 heterocycles. The average Bonchev–Trinajstić information content (AvgIpc) is 3.19. The Morgan fingerprint density at radius 3 is 2.86 bits per heavy atom. The van der Waals surface area contributed by atoms with Gasteiger partial charge in [0.1, 0.15) is 5.82 Å². The highest BCUT2D eigenvalue weighted by Crippen LogP contribution is 2.21. The van der Waals surface area contributed by atoms with Crippen molar-refractivity contribution in [1.29, 1.82) is 0 Å². The number of anilines is 1. The lowest BCUT2D eigenvalue weighted by Gasteiger charge is -2.15. The summed E-state index contributed by atoms with van der Waals surface area (Å²) in [6.45, 7) is 4.07. The second-order valence-electron chi connectivity index (χ2n) is 4.74. The van der Waals surface area contributed by atoms with E-state index in [1.807, 2.05) is 12.1 Å². The summed E-state index contributed by atoms with van der Waals surface area (Å²) >= 11 is 0. The van der Waals surface area contributed by atoms with E-state index in [1.54, 1.807) is 13.1 Å². The molecule has 3 rings (SSSR count). The first-order chi connectivity index (χ1) is 10.3. The molecule has 0 spiro atoms. The first-order valence-corrected chi connectivity index (χ1v) is 7.00. The van der Waals surface area contributed by atoms with Crippen molar-refractivity contribution in [2.75, 3.05) is 24.6 Å². The Morgan fingerprint density at radius 2 is 2.19 bits per heavy atom. The smallest absolute Gasteiger partial charge is 0.397 e. The van der Waals surface area contributed by atoms with Crippen LogP contribution in [0.1, 0.15) is 30.5 Å². The zero-order valence-corrected chi connectivity index (χ0v) is 11.8. The Kier molecular flexibility index (Phi) is 3.81. The van der Waals surface area contributed by atoms with E-state index in [9.17, 15) is 4.79 Å². The number of hydrogen-bond donors (Lipinski definition) is 0. The first-order valence-electron chi connectivity index (χ1n) is 7.00. The predicted octanol–water partition coefficient (Wildman–Crippen LogP) is 1.91. The van der Waals surface area contributed by atoms with Crippen LogP contribution in [0.5, 0.6) is 0 Å². The predicted molar refractivity (Wildman–Crippen MR) is 74.9 cm³/mol. The third kappa shape index (κ3) is 2.86. The van der Waals surface area contributed by atoms with Crippen molar-refractivity contribution >= 4 is 11.8 Å². The topological polar surface area (TPSA) is 81.4 Å². The van der Waals surface area contributed by atoms with Gasteiger partial charge in [0.05, 0.1) is 6.61 Å². The van der Waals surface area contributed by atoms with Crippen LogP contribution in [0.2, 0.25) is 0 Å². The number of rotatable bonds is 4. The average molecular weight is 288 g/mol. The van der Waals surface area contributed by atoms with E-state index in [2.05, 4.69) is 20.0 Å². The van der Waals surface area contributed by atoms with E-state index in [0.717, 1.165) is 18.9 Å². The van der Waals surface area contributed by atoms with Gasteiger partial charge in [-0.05, 0) is 31.9 Å². The number of esters is 1. The summed E-state index contributed by atoms with van der Waals surface area (Å²) in [5, 5.41) is 3.78. The Bertz CT molecular complexity index is 617. The number of ether oxygens (including phenoxy) is 1. The van der Waals surface area contributed by atoms with E-state index in [-0.39, 0.29) is 12.5 Å². The lowest BCUT2D eigenvalue weighted by Crippen LogP contribution is -2.18. The molecule has 0 radical (unpaired) electrons. The molecule has 7 nitrogen and oxygen atoms in total. The maximum absolute atomic E-state index is 11.5. The van der Waals surface area contributed by atoms with E-state index < -0.39 is 5.97 Å². The van der Waals surface area contributed by atoms with Crippen molar-refractivity contribution in [3.63, 3.8) is 0 Å². The van der Waals surface area contributed by atoms with Crippen molar-refractivity contribution in [3.05, 3.63) is 24.2 Å². The lowest BCUT2D eigenvalue weighted by atomic mass is 10.2. The van der Waals surface area contributed by atoms with Gasteiger partial charge >= 0.3 is 11.9 Å². The minimum absolute atomic E-state index is 0.143. The second-order valence-corrected chi connectivity index (χ2v) is 4.74. The van der Waals surface area contributed by atoms with Gasteiger partial charge in [0.15, 0.2) is 0 Å². The molecule has 110 valence electrons. The molecule has 2 aromatic heterocycles. The fraction of sp³-hybridized carbons (Fsp3) is 0.429. The summed E-state index contributed by atoms with van der Waals surface area (Å²) in [6.07, 6.45) is 4.10. The standard InChI is InChI=1S/C14H16N4O3/c1-2-20-14(19)13-16-12(17-21-13)10-5-6-11(15-9-10)18-7-3-4-8-18/h5-6,9H,2-4,7-8H2,1H3. The number of hydrogen-bond acceptors (Lipinski definition) is 7. The van der Waals surface area contributed by atoms with Gasteiger partial charge in [-0.2, -0.15) is 4.98 Å². The highest BCUT2D eigenvalue weighted by atomic mass is 16.6. The van der Waals surface area contributed by atoms with E-state index in [4.69, 9.17) is 9.26 Å². The second kappa shape index (κ2) is 5.90. The van der Waals surface area contributed by atoms with Crippen LogP contribution in [0.3, 0.4) is 0 Å². The molecule has 21 heavy (non-hydrogen) atoms. The summed E-state index contributed by atoms with van der Waals surface area (Å²) in [7, 11) is 0. The highest BCUT2D eigenvalue weighted by molar-refractivity contribution is 5.84. The Hall–Kier alpha value is -2.44. The van der Waals surface area contributed by atoms with Crippen molar-refractivity contribution in [3.8, 4) is 11.4 Å². The summed E-state index contributed by atoms with van der Waals surface area (Å²) in [5.41, 5.74) is 0.706. The number of carbonyl (C=O) groups is 1. The van der Waals surface area contributed by atoms with Gasteiger partial charge < -0.3 is 14.2 Å².